The number of aromatic hydroxyl groups is 2. The highest BCUT2D eigenvalue weighted by Crippen LogP contribution is 2.47. The Morgan fingerprint density at radius 1 is 0.426 bits per heavy atom. The van der Waals surface area contributed by atoms with E-state index in [1.165, 1.54) is 9.40 Å². The largest absolute Gasteiger partial charge is 0.507 e. The van der Waals surface area contributed by atoms with Gasteiger partial charge in [0.05, 0.1) is 22.4 Å². The summed E-state index contributed by atoms with van der Waals surface area (Å²) in [6, 6.07) is 41.6. The Kier molecular flexibility index (Phi) is 7.93. The molecule has 0 aliphatic carbocycles. The van der Waals surface area contributed by atoms with Gasteiger partial charge in [-0.05, 0) is 93.4 Å². The number of benzene rings is 5. The Bertz CT molecular complexity index is 2670. The first kappa shape index (κ1) is 34.2. The third-order valence-corrected chi connectivity index (χ3v) is 12.7. The van der Waals surface area contributed by atoms with E-state index >= 15 is 0 Å². The fourth-order valence-electron chi connectivity index (χ4n) is 7.20. The highest BCUT2D eigenvalue weighted by molar-refractivity contribution is 7.22. The van der Waals surface area contributed by atoms with E-state index in [9.17, 15) is 10.2 Å². The molecule has 0 atom stereocenters. The lowest BCUT2D eigenvalue weighted by molar-refractivity contribution is 0.477. The van der Waals surface area contributed by atoms with Crippen LogP contribution in [0.4, 0.5) is 0 Å². The Labute approximate surface area is 323 Å². The summed E-state index contributed by atoms with van der Waals surface area (Å²) in [5.41, 5.74) is 7.75. The normalized spacial score (nSPS) is 12.4. The standard InChI is InChI=1S/C48H40N2O2S2/c1-47(2,3)31-23-33(45(51)35(25-31)41-21-29-11-7-9-13-39(29)53-41)37-19-17-27-15-16-28-18-20-38(50-44(28)43(27)49-37)34-24-32(48(4,5)6)26-36(46(34)52)42-22-30-12-8-10-14-40(30)54-42/h7-26,51-52H,1-6H3. The molecule has 0 saturated carbocycles. The summed E-state index contributed by atoms with van der Waals surface area (Å²) < 4.78 is 2.36. The van der Waals surface area contributed by atoms with Crippen LogP contribution in [0.25, 0.3) is 85.4 Å². The lowest BCUT2D eigenvalue weighted by Gasteiger charge is -2.22. The van der Waals surface area contributed by atoms with Crippen molar-refractivity contribution >= 4 is 64.7 Å². The van der Waals surface area contributed by atoms with Crippen LogP contribution < -0.4 is 0 Å². The van der Waals surface area contributed by atoms with Crippen molar-refractivity contribution in [3.63, 3.8) is 0 Å². The fraction of sp³-hybridized carbons (Fsp3) is 0.167. The van der Waals surface area contributed by atoms with Gasteiger partial charge >= 0.3 is 0 Å². The molecule has 54 heavy (non-hydrogen) atoms. The number of phenols is 2. The SMILES string of the molecule is CC(C)(C)c1cc(-c2ccc3ccc4ccc(-c5cc(C(C)(C)C)cc(-c6cc7ccccc7s6)c5O)nc4c3n2)c(O)c(-c2cc3ccccc3s2)c1. The van der Waals surface area contributed by atoms with Crippen molar-refractivity contribution in [2.24, 2.45) is 0 Å². The molecule has 0 aliphatic rings. The summed E-state index contributed by atoms with van der Waals surface area (Å²) in [6.45, 7) is 13.2. The van der Waals surface area contributed by atoms with Crippen molar-refractivity contribution in [3.05, 3.63) is 132 Å². The van der Waals surface area contributed by atoms with Gasteiger partial charge in [0.15, 0.2) is 0 Å². The van der Waals surface area contributed by atoms with E-state index in [1.807, 2.05) is 24.3 Å². The van der Waals surface area contributed by atoms with E-state index in [2.05, 4.69) is 139 Å². The summed E-state index contributed by atoms with van der Waals surface area (Å²) >= 11 is 3.37. The molecule has 0 unspecified atom stereocenters. The third kappa shape index (κ3) is 5.90. The Balaban J connectivity index is 1.23. The molecule has 4 heterocycles. The van der Waals surface area contributed by atoms with Gasteiger partial charge in [-0.2, -0.15) is 0 Å². The van der Waals surface area contributed by atoms with Crippen LogP contribution >= 0.6 is 22.7 Å². The molecule has 2 N–H and O–H groups in total. The van der Waals surface area contributed by atoms with Crippen LogP contribution in [-0.4, -0.2) is 20.2 Å². The number of fused-ring (bicyclic) bond motifs is 5. The average Bonchev–Trinajstić information content (AvgIpc) is 3.78. The molecule has 0 aliphatic heterocycles. The molecule has 5 aromatic carbocycles. The molecule has 4 nitrogen and oxygen atoms in total. The first-order valence-electron chi connectivity index (χ1n) is 18.3. The van der Waals surface area contributed by atoms with E-state index < -0.39 is 0 Å². The van der Waals surface area contributed by atoms with E-state index in [0.29, 0.717) is 22.5 Å². The topological polar surface area (TPSA) is 66.2 Å². The number of hydrogen-bond donors (Lipinski definition) is 2. The van der Waals surface area contributed by atoms with Gasteiger partial charge in [0, 0.05) is 52.2 Å². The number of rotatable bonds is 4. The van der Waals surface area contributed by atoms with Gasteiger partial charge in [0.25, 0.3) is 0 Å². The number of hydrogen-bond acceptors (Lipinski definition) is 6. The number of phenolic OH excluding ortho intramolecular Hbond substituents is 2. The van der Waals surface area contributed by atoms with Gasteiger partial charge in [-0.25, -0.2) is 9.97 Å². The zero-order chi connectivity index (χ0) is 37.5. The summed E-state index contributed by atoms with van der Waals surface area (Å²) in [5, 5.41) is 28.2. The maximum absolute atomic E-state index is 12.0. The van der Waals surface area contributed by atoms with Gasteiger partial charge in [-0.15, -0.1) is 22.7 Å². The second-order valence-electron chi connectivity index (χ2n) is 16.2. The highest BCUT2D eigenvalue weighted by atomic mass is 32.1. The Morgan fingerprint density at radius 2 is 0.796 bits per heavy atom. The zero-order valence-corrected chi connectivity index (χ0v) is 32.8. The molecule has 4 aromatic heterocycles. The molecule has 6 heteroatoms. The first-order valence-corrected chi connectivity index (χ1v) is 19.9. The van der Waals surface area contributed by atoms with Crippen molar-refractivity contribution in [1.82, 2.24) is 9.97 Å². The fourth-order valence-corrected chi connectivity index (χ4v) is 9.36. The van der Waals surface area contributed by atoms with Crippen molar-refractivity contribution in [2.45, 2.75) is 52.4 Å². The first-order chi connectivity index (χ1) is 25.8. The van der Waals surface area contributed by atoms with Crippen LogP contribution in [-0.2, 0) is 10.8 Å². The summed E-state index contributed by atoms with van der Waals surface area (Å²) in [5.74, 6) is 0.431. The predicted octanol–water partition coefficient (Wildman–Crippen LogP) is 13.9. The molecule has 9 aromatic rings. The highest BCUT2D eigenvalue weighted by Gasteiger charge is 2.24. The molecule has 9 rings (SSSR count). The van der Waals surface area contributed by atoms with Gasteiger partial charge < -0.3 is 10.2 Å². The molecule has 0 bridgehead atoms. The van der Waals surface area contributed by atoms with Crippen molar-refractivity contribution < 1.29 is 10.2 Å². The smallest absolute Gasteiger partial charge is 0.133 e. The van der Waals surface area contributed by atoms with E-state index in [4.69, 9.17) is 9.97 Å². The molecule has 266 valence electrons. The van der Waals surface area contributed by atoms with Crippen LogP contribution in [0.1, 0.15) is 52.7 Å². The predicted molar refractivity (Wildman–Crippen MR) is 230 cm³/mol. The zero-order valence-electron chi connectivity index (χ0n) is 31.2. The molecular weight excluding hydrogens is 701 g/mol. The maximum Gasteiger partial charge on any atom is 0.133 e. The number of aromatic nitrogens is 2. The van der Waals surface area contributed by atoms with Crippen LogP contribution in [0, 0.1) is 0 Å². The van der Waals surface area contributed by atoms with E-state index in [1.54, 1.807) is 22.7 Å². The molecule has 0 saturated heterocycles. The van der Waals surface area contributed by atoms with Crippen LogP contribution in [0.15, 0.2) is 121 Å². The summed E-state index contributed by atoms with van der Waals surface area (Å²) in [7, 11) is 0. The maximum atomic E-state index is 12.0. The average molecular weight is 741 g/mol. The second kappa shape index (κ2) is 12.5. The minimum absolute atomic E-state index is 0.161. The van der Waals surface area contributed by atoms with Crippen molar-refractivity contribution in [2.75, 3.05) is 0 Å². The lowest BCUT2D eigenvalue weighted by atomic mass is 9.84. The third-order valence-electron chi connectivity index (χ3n) is 10.4. The number of nitrogens with zero attached hydrogens (tertiary/aromatic N) is 2. The summed E-state index contributed by atoms with van der Waals surface area (Å²) in [4.78, 5) is 12.6. The Hall–Kier alpha value is -5.56. The molecule has 0 fully saturated rings. The lowest BCUT2D eigenvalue weighted by Crippen LogP contribution is -2.11. The number of thiophene rings is 2. The van der Waals surface area contributed by atoms with Gasteiger partial charge in [0.2, 0.25) is 0 Å². The van der Waals surface area contributed by atoms with E-state index in [0.717, 1.165) is 64.6 Å². The molecule has 0 radical (unpaired) electrons. The number of pyridine rings is 2. The monoisotopic (exact) mass is 740 g/mol. The van der Waals surface area contributed by atoms with Gasteiger partial charge in [0.1, 0.15) is 11.5 Å². The minimum Gasteiger partial charge on any atom is -0.507 e. The van der Waals surface area contributed by atoms with Crippen LogP contribution in [0.3, 0.4) is 0 Å². The van der Waals surface area contributed by atoms with Crippen LogP contribution in [0.2, 0.25) is 0 Å². The van der Waals surface area contributed by atoms with Crippen LogP contribution in [0.5, 0.6) is 11.5 Å². The quantitative estimate of drug-likeness (QED) is 0.176. The van der Waals surface area contributed by atoms with Gasteiger partial charge in [-0.1, -0.05) is 102 Å². The van der Waals surface area contributed by atoms with Crippen molar-refractivity contribution in [3.8, 4) is 54.9 Å². The minimum atomic E-state index is -0.161. The van der Waals surface area contributed by atoms with Gasteiger partial charge in [-0.3, -0.25) is 0 Å². The van der Waals surface area contributed by atoms with E-state index in [-0.39, 0.29) is 22.3 Å². The molecular formula is C48H40N2O2S2. The van der Waals surface area contributed by atoms with Crippen molar-refractivity contribution in [1.29, 1.82) is 0 Å². The Morgan fingerprint density at radius 3 is 1.19 bits per heavy atom. The molecule has 0 spiro atoms. The summed E-state index contributed by atoms with van der Waals surface area (Å²) in [6.07, 6.45) is 0. The second-order valence-corrected chi connectivity index (χ2v) is 18.4. The molecule has 0 amide bonds.